The number of hydrogen-bond acceptors (Lipinski definition) is 4. The van der Waals surface area contributed by atoms with Gasteiger partial charge in [0.2, 0.25) is 11.8 Å². The van der Waals surface area contributed by atoms with Gasteiger partial charge in [-0.2, -0.15) is 0 Å². The minimum atomic E-state index is -0.116. The summed E-state index contributed by atoms with van der Waals surface area (Å²) in [6.07, 6.45) is 4.35. The molecule has 1 aromatic heterocycles. The normalized spacial score (nSPS) is 18.7. The Morgan fingerprint density at radius 2 is 1.67 bits per heavy atom. The molecule has 4 rings (SSSR count). The van der Waals surface area contributed by atoms with E-state index < -0.39 is 0 Å². The number of carbonyl (C=O) groups excluding carboxylic acids is 2. The minimum absolute atomic E-state index is 0.116. The first kappa shape index (κ1) is 15.1. The lowest BCUT2D eigenvalue weighted by molar-refractivity contribution is -0.121. The molecule has 0 saturated carbocycles. The number of anilines is 2. The van der Waals surface area contributed by atoms with Crippen LogP contribution in [0.4, 0.5) is 11.5 Å². The lowest BCUT2D eigenvalue weighted by atomic mass is 10.1. The van der Waals surface area contributed by atoms with Crippen molar-refractivity contribution in [2.45, 2.75) is 39.0 Å². The van der Waals surface area contributed by atoms with Crippen LogP contribution >= 0.6 is 0 Å². The summed E-state index contributed by atoms with van der Waals surface area (Å²) in [5.41, 5.74) is 2.70. The van der Waals surface area contributed by atoms with Crippen molar-refractivity contribution in [2.24, 2.45) is 0 Å². The summed E-state index contributed by atoms with van der Waals surface area (Å²) in [7, 11) is 0. The van der Waals surface area contributed by atoms with Gasteiger partial charge in [0.15, 0.2) is 0 Å². The van der Waals surface area contributed by atoms with Gasteiger partial charge in [0.25, 0.3) is 0 Å². The van der Waals surface area contributed by atoms with Gasteiger partial charge in [-0.05, 0) is 56.0 Å². The van der Waals surface area contributed by atoms with Gasteiger partial charge >= 0.3 is 0 Å². The molecule has 2 amide bonds. The Kier molecular flexibility index (Phi) is 3.71. The van der Waals surface area contributed by atoms with E-state index in [2.05, 4.69) is 17.9 Å². The molecule has 5 nitrogen and oxygen atoms in total. The number of rotatable bonds is 2. The van der Waals surface area contributed by atoms with Gasteiger partial charge in [0, 0.05) is 31.3 Å². The summed E-state index contributed by atoms with van der Waals surface area (Å²) >= 11 is 0. The smallest absolute Gasteiger partial charge is 0.234 e. The predicted octanol–water partition coefficient (Wildman–Crippen LogP) is 3.19. The molecule has 0 unspecified atom stereocenters. The van der Waals surface area contributed by atoms with E-state index in [-0.39, 0.29) is 11.8 Å². The van der Waals surface area contributed by atoms with Crippen molar-refractivity contribution in [3.8, 4) is 0 Å². The fourth-order valence-corrected chi connectivity index (χ4v) is 3.65. The highest BCUT2D eigenvalue weighted by Crippen LogP contribution is 2.30. The van der Waals surface area contributed by atoms with E-state index in [9.17, 15) is 9.59 Å². The maximum absolute atomic E-state index is 11.9. The van der Waals surface area contributed by atoms with E-state index in [4.69, 9.17) is 4.98 Å². The third kappa shape index (κ3) is 2.54. The van der Waals surface area contributed by atoms with Gasteiger partial charge < -0.3 is 4.90 Å². The SMILES string of the molecule is Cc1cc(N2CCCCC2)nc2ccc(N3C(=O)CCC3=O)cc12. The first-order valence-corrected chi connectivity index (χ1v) is 8.65. The van der Waals surface area contributed by atoms with Crippen molar-refractivity contribution < 1.29 is 9.59 Å². The molecule has 2 fully saturated rings. The summed E-state index contributed by atoms with van der Waals surface area (Å²) in [5.74, 6) is 0.797. The van der Waals surface area contributed by atoms with Crippen LogP contribution in [-0.4, -0.2) is 29.9 Å². The number of hydrogen-bond donors (Lipinski definition) is 0. The summed E-state index contributed by atoms with van der Waals surface area (Å²) in [6, 6.07) is 7.78. The predicted molar refractivity (Wildman–Crippen MR) is 94.3 cm³/mol. The second-order valence-corrected chi connectivity index (χ2v) is 6.67. The Balaban J connectivity index is 1.74. The molecule has 0 atom stereocenters. The van der Waals surface area contributed by atoms with Gasteiger partial charge in [0.05, 0.1) is 11.2 Å². The quantitative estimate of drug-likeness (QED) is 0.797. The van der Waals surface area contributed by atoms with Gasteiger partial charge in [-0.15, -0.1) is 0 Å². The summed E-state index contributed by atoms with van der Waals surface area (Å²) in [6.45, 7) is 4.19. The zero-order valence-electron chi connectivity index (χ0n) is 13.9. The molecule has 2 aliphatic heterocycles. The molecule has 5 heteroatoms. The van der Waals surface area contributed by atoms with Crippen molar-refractivity contribution in [1.82, 2.24) is 4.98 Å². The number of imide groups is 1. The van der Waals surface area contributed by atoms with Crippen LogP contribution in [0.3, 0.4) is 0 Å². The minimum Gasteiger partial charge on any atom is -0.357 e. The van der Waals surface area contributed by atoms with E-state index in [1.54, 1.807) is 0 Å². The van der Waals surface area contributed by atoms with Crippen LogP contribution in [0.15, 0.2) is 24.3 Å². The number of aromatic nitrogens is 1. The van der Waals surface area contributed by atoms with Crippen LogP contribution in [0, 0.1) is 6.92 Å². The summed E-state index contributed by atoms with van der Waals surface area (Å²) < 4.78 is 0. The van der Waals surface area contributed by atoms with E-state index in [0.29, 0.717) is 18.5 Å². The molecule has 0 N–H and O–H groups in total. The van der Waals surface area contributed by atoms with Crippen LogP contribution in [0.5, 0.6) is 0 Å². The third-order valence-electron chi connectivity index (χ3n) is 4.98. The lowest BCUT2D eigenvalue weighted by Crippen LogP contribution is -2.30. The monoisotopic (exact) mass is 323 g/mol. The molecule has 0 spiro atoms. The topological polar surface area (TPSA) is 53.5 Å². The fourth-order valence-electron chi connectivity index (χ4n) is 3.65. The number of amides is 2. The Labute approximate surface area is 141 Å². The van der Waals surface area contributed by atoms with Crippen LogP contribution < -0.4 is 9.80 Å². The number of pyridine rings is 1. The Morgan fingerprint density at radius 1 is 0.958 bits per heavy atom. The fraction of sp³-hybridized carbons (Fsp3) is 0.421. The molecule has 2 aliphatic rings. The molecule has 1 aromatic carbocycles. The second kappa shape index (κ2) is 5.89. The highest BCUT2D eigenvalue weighted by molar-refractivity contribution is 6.20. The average molecular weight is 323 g/mol. The Morgan fingerprint density at radius 3 is 2.38 bits per heavy atom. The maximum Gasteiger partial charge on any atom is 0.234 e. The number of aryl methyl sites for hydroxylation is 1. The van der Waals surface area contributed by atoms with E-state index in [1.165, 1.54) is 24.2 Å². The average Bonchev–Trinajstić information content (AvgIpc) is 2.94. The third-order valence-corrected chi connectivity index (χ3v) is 4.98. The Hall–Kier alpha value is -2.43. The lowest BCUT2D eigenvalue weighted by Gasteiger charge is -2.28. The van der Waals surface area contributed by atoms with Crippen LogP contribution in [0.2, 0.25) is 0 Å². The highest BCUT2D eigenvalue weighted by atomic mass is 16.2. The highest BCUT2D eigenvalue weighted by Gasteiger charge is 2.30. The first-order chi connectivity index (χ1) is 11.6. The van der Waals surface area contributed by atoms with E-state index >= 15 is 0 Å². The van der Waals surface area contributed by atoms with Crippen molar-refractivity contribution in [3.63, 3.8) is 0 Å². The standard InChI is InChI=1S/C19H21N3O2/c1-13-11-17(21-9-3-2-4-10-21)20-16-6-5-14(12-15(13)16)22-18(23)7-8-19(22)24/h5-6,11-12H,2-4,7-10H2,1H3. The van der Waals surface area contributed by atoms with Crippen molar-refractivity contribution >= 4 is 34.2 Å². The van der Waals surface area contributed by atoms with Gasteiger partial charge in [-0.25, -0.2) is 4.98 Å². The molecule has 124 valence electrons. The maximum atomic E-state index is 11.9. The molecule has 0 aliphatic carbocycles. The Bertz CT molecular complexity index is 809. The number of piperidine rings is 1. The first-order valence-electron chi connectivity index (χ1n) is 8.65. The van der Waals surface area contributed by atoms with E-state index in [1.807, 2.05) is 18.2 Å². The number of fused-ring (bicyclic) bond motifs is 1. The molecule has 3 heterocycles. The van der Waals surface area contributed by atoms with Crippen LogP contribution in [0.25, 0.3) is 10.9 Å². The summed E-state index contributed by atoms with van der Waals surface area (Å²) in [4.78, 5) is 32.3. The van der Waals surface area contributed by atoms with E-state index in [0.717, 1.165) is 35.4 Å². The number of nitrogens with zero attached hydrogens (tertiary/aromatic N) is 3. The molecule has 24 heavy (non-hydrogen) atoms. The molecular weight excluding hydrogens is 302 g/mol. The van der Waals surface area contributed by atoms with Crippen molar-refractivity contribution in [1.29, 1.82) is 0 Å². The van der Waals surface area contributed by atoms with Crippen molar-refractivity contribution in [3.05, 3.63) is 29.8 Å². The molecule has 0 bridgehead atoms. The van der Waals surface area contributed by atoms with Crippen LogP contribution in [0.1, 0.15) is 37.7 Å². The van der Waals surface area contributed by atoms with Gasteiger partial charge in [-0.3, -0.25) is 14.5 Å². The molecular formula is C19H21N3O2. The largest absolute Gasteiger partial charge is 0.357 e. The number of carbonyl (C=O) groups is 2. The zero-order chi connectivity index (χ0) is 16.7. The number of benzene rings is 1. The van der Waals surface area contributed by atoms with Gasteiger partial charge in [-0.1, -0.05) is 0 Å². The van der Waals surface area contributed by atoms with Crippen molar-refractivity contribution in [2.75, 3.05) is 22.9 Å². The molecule has 2 aromatic rings. The van der Waals surface area contributed by atoms with Crippen LogP contribution in [-0.2, 0) is 9.59 Å². The zero-order valence-corrected chi connectivity index (χ0v) is 13.9. The summed E-state index contributed by atoms with van der Waals surface area (Å²) in [5, 5.41) is 1.00. The molecule has 0 radical (unpaired) electrons. The second-order valence-electron chi connectivity index (χ2n) is 6.67. The van der Waals surface area contributed by atoms with Gasteiger partial charge in [0.1, 0.15) is 5.82 Å². The molecule has 2 saturated heterocycles.